The van der Waals surface area contributed by atoms with Crippen molar-refractivity contribution < 1.29 is 49.0 Å². The minimum Gasteiger partial charge on any atom is -0.462 e. The second kappa shape index (κ2) is 45.2. The third-order valence-electron chi connectivity index (χ3n) is 11.9. The molecule has 10 heteroatoms. The maximum absolute atomic E-state index is 12.8. The van der Waals surface area contributed by atoms with Gasteiger partial charge in [0.2, 0.25) is 0 Å². The first-order valence-corrected chi connectivity index (χ1v) is 26.4. The van der Waals surface area contributed by atoms with Crippen LogP contribution in [-0.2, 0) is 28.5 Å². The van der Waals surface area contributed by atoms with E-state index in [4.69, 9.17) is 18.9 Å². The van der Waals surface area contributed by atoms with Crippen LogP contribution in [0.25, 0.3) is 0 Å². The fourth-order valence-corrected chi connectivity index (χ4v) is 7.80. The van der Waals surface area contributed by atoms with Gasteiger partial charge in [0.25, 0.3) is 0 Å². The number of rotatable bonds is 44. The van der Waals surface area contributed by atoms with Crippen LogP contribution in [0, 0.1) is 0 Å². The maximum atomic E-state index is 12.8. The number of esters is 2. The topological polar surface area (TPSA) is 152 Å². The molecule has 1 aliphatic rings. The fraction of sp³-hybridized carbons (Fsp3) is 0.782. The van der Waals surface area contributed by atoms with Gasteiger partial charge >= 0.3 is 11.9 Å². The van der Waals surface area contributed by atoms with Crippen molar-refractivity contribution in [2.75, 3.05) is 19.8 Å². The molecule has 0 aromatic carbocycles. The monoisotopic (exact) mass is 917 g/mol. The summed E-state index contributed by atoms with van der Waals surface area (Å²) in [6.07, 6.45) is 49.5. The van der Waals surface area contributed by atoms with Crippen molar-refractivity contribution >= 4 is 11.9 Å². The Balaban J connectivity index is 2.27. The molecule has 6 atom stereocenters. The van der Waals surface area contributed by atoms with Crippen molar-refractivity contribution in [1.82, 2.24) is 0 Å². The molecule has 0 aromatic rings. The predicted octanol–water partition coefficient (Wildman–Crippen LogP) is 12.6. The number of carbonyl (C=O) groups is 2. The molecule has 0 amide bonds. The molecule has 4 N–H and O–H groups in total. The standard InChI is InChI=1S/C55H96O10/c1-3-5-7-9-11-13-15-17-19-21-23-24-26-27-29-31-33-35-37-39-41-43-50(57)62-46-48(47-63-55-54(61)53(60)52(59)49(45-56)65-55)64-51(58)44-42-40-38-36-34-32-30-28-25-22-20-18-16-14-12-10-8-6-4-2/h6,8,12,14,18,20,25,28,32,34,48-49,52-56,59-61H,3-5,7,9-11,13,15-17,19,21-24,26-27,29-31,33,35-47H2,1-2H3/b8-6-,14-12-,20-18-,28-25-,34-32-. The van der Waals surface area contributed by atoms with Crippen LogP contribution < -0.4 is 0 Å². The molecule has 0 bridgehead atoms. The van der Waals surface area contributed by atoms with E-state index in [0.29, 0.717) is 6.42 Å². The van der Waals surface area contributed by atoms with Crippen LogP contribution in [-0.4, -0.2) is 89.0 Å². The molecule has 1 saturated heterocycles. The van der Waals surface area contributed by atoms with Crippen LogP contribution >= 0.6 is 0 Å². The minimum atomic E-state index is -1.60. The summed E-state index contributed by atoms with van der Waals surface area (Å²) in [5.41, 5.74) is 0. The Morgan fingerprint density at radius 1 is 0.492 bits per heavy atom. The van der Waals surface area contributed by atoms with Crippen LogP contribution in [0.3, 0.4) is 0 Å². The lowest BCUT2D eigenvalue weighted by Gasteiger charge is -2.39. The molecule has 0 aromatic heterocycles. The zero-order valence-electron chi connectivity index (χ0n) is 41.2. The first-order chi connectivity index (χ1) is 31.8. The fourth-order valence-electron chi connectivity index (χ4n) is 7.80. The van der Waals surface area contributed by atoms with E-state index >= 15 is 0 Å². The lowest BCUT2D eigenvalue weighted by Crippen LogP contribution is -2.59. The number of unbranched alkanes of at least 4 members (excludes halogenated alkanes) is 23. The molecule has 10 nitrogen and oxygen atoms in total. The second-order valence-electron chi connectivity index (χ2n) is 18.0. The number of ether oxygens (including phenoxy) is 4. The molecule has 1 rings (SSSR count). The molecule has 0 saturated carbocycles. The Morgan fingerprint density at radius 3 is 1.37 bits per heavy atom. The van der Waals surface area contributed by atoms with Crippen molar-refractivity contribution in [3.05, 3.63) is 60.8 Å². The summed E-state index contributed by atoms with van der Waals surface area (Å²) in [5, 5.41) is 40.2. The van der Waals surface area contributed by atoms with Crippen LogP contribution in [0.1, 0.15) is 219 Å². The van der Waals surface area contributed by atoms with Gasteiger partial charge in [0.05, 0.1) is 13.2 Å². The van der Waals surface area contributed by atoms with Crippen molar-refractivity contribution in [2.45, 2.75) is 256 Å². The van der Waals surface area contributed by atoms with Gasteiger partial charge in [-0.25, -0.2) is 0 Å². The van der Waals surface area contributed by atoms with Gasteiger partial charge in [-0.3, -0.25) is 9.59 Å². The summed E-state index contributed by atoms with van der Waals surface area (Å²) in [6.45, 7) is 3.30. The van der Waals surface area contributed by atoms with Crippen molar-refractivity contribution in [3.63, 3.8) is 0 Å². The minimum absolute atomic E-state index is 0.190. The van der Waals surface area contributed by atoms with Crippen LogP contribution in [0.5, 0.6) is 0 Å². The first kappa shape index (κ1) is 60.4. The average molecular weight is 917 g/mol. The zero-order chi connectivity index (χ0) is 47.3. The van der Waals surface area contributed by atoms with Gasteiger partial charge in [-0.1, -0.05) is 209 Å². The highest BCUT2D eigenvalue weighted by Gasteiger charge is 2.44. The zero-order valence-corrected chi connectivity index (χ0v) is 41.2. The highest BCUT2D eigenvalue weighted by molar-refractivity contribution is 5.70. The van der Waals surface area contributed by atoms with Gasteiger partial charge in [0.1, 0.15) is 31.0 Å². The van der Waals surface area contributed by atoms with Gasteiger partial charge in [-0.2, -0.15) is 0 Å². The van der Waals surface area contributed by atoms with E-state index in [-0.39, 0.29) is 32.0 Å². The maximum Gasteiger partial charge on any atom is 0.306 e. The SMILES string of the molecule is CC/C=C\C/C=C\C/C=C\C/C=C\C/C=C\CCCCCC(=O)OC(COC(=O)CCCCCCCCCCCCCCCCCCCCCCC)COC1OC(CO)C(O)C(O)C1O. The van der Waals surface area contributed by atoms with Crippen LogP contribution in [0.4, 0.5) is 0 Å². The van der Waals surface area contributed by atoms with Gasteiger partial charge < -0.3 is 39.4 Å². The summed E-state index contributed by atoms with van der Waals surface area (Å²) in [6, 6.07) is 0. The Hall–Kier alpha value is -2.60. The van der Waals surface area contributed by atoms with E-state index in [2.05, 4.69) is 74.6 Å². The van der Waals surface area contributed by atoms with E-state index in [1.54, 1.807) is 0 Å². The third-order valence-corrected chi connectivity index (χ3v) is 11.9. The number of allylic oxidation sites excluding steroid dienone is 10. The molecule has 0 aliphatic carbocycles. The molecule has 1 fully saturated rings. The normalized spacial score (nSPS) is 19.8. The molecule has 1 heterocycles. The Labute approximate surface area is 396 Å². The molecule has 376 valence electrons. The van der Waals surface area contributed by atoms with Gasteiger partial charge in [0, 0.05) is 12.8 Å². The number of hydrogen-bond donors (Lipinski definition) is 4. The highest BCUT2D eigenvalue weighted by Crippen LogP contribution is 2.23. The van der Waals surface area contributed by atoms with E-state index in [1.165, 1.54) is 116 Å². The number of aliphatic hydroxyl groups is 4. The van der Waals surface area contributed by atoms with E-state index in [0.717, 1.165) is 70.6 Å². The summed E-state index contributed by atoms with van der Waals surface area (Å²) < 4.78 is 22.2. The summed E-state index contributed by atoms with van der Waals surface area (Å²) in [4.78, 5) is 25.5. The largest absolute Gasteiger partial charge is 0.462 e. The molecular weight excluding hydrogens is 821 g/mol. The smallest absolute Gasteiger partial charge is 0.306 e. The van der Waals surface area contributed by atoms with Gasteiger partial charge in [0.15, 0.2) is 12.4 Å². The second-order valence-corrected chi connectivity index (χ2v) is 18.0. The van der Waals surface area contributed by atoms with Crippen LogP contribution in [0.2, 0.25) is 0 Å². The van der Waals surface area contributed by atoms with E-state index in [1.807, 2.05) is 0 Å². The Morgan fingerprint density at radius 2 is 0.908 bits per heavy atom. The average Bonchev–Trinajstić information content (AvgIpc) is 3.30. The number of carbonyl (C=O) groups excluding carboxylic acids is 2. The highest BCUT2D eigenvalue weighted by atomic mass is 16.7. The number of hydrogen-bond acceptors (Lipinski definition) is 10. The first-order valence-electron chi connectivity index (χ1n) is 26.4. The van der Waals surface area contributed by atoms with Crippen molar-refractivity contribution in [2.24, 2.45) is 0 Å². The molecular formula is C55H96O10. The van der Waals surface area contributed by atoms with Gasteiger partial charge in [-0.15, -0.1) is 0 Å². The summed E-state index contributed by atoms with van der Waals surface area (Å²) in [7, 11) is 0. The third kappa shape index (κ3) is 36.2. The van der Waals surface area contributed by atoms with Crippen molar-refractivity contribution in [1.29, 1.82) is 0 Å². The predicted molar refractivity (Wildman–Crippen MR) is 265 cm³/mol. The lowest BCUT2D eigenvalue weighted by molar-refractivity contribution is -0.305. The number of aliphatic hydroxyl groups excluding tert-OH is 4. The van der Waals surface area contributed by atoms with Gasteiger partial charge in [-0.05, 0) is 57.8 Å². The van der Waals surface area contributed by atoms with E-state index < -0.39 is 49.4 Å². The molecule has 6 unspecified atom stereocenters. The molecule has 0 spiro atoms. The summed E-state index contributed by atoms with van der Waals surface area (Å²) in [5.74, 6) is -0.839. The Bertz CT molecular complexity index is 1240. The Kier molecular flexibility index (Phi) is 42.0. The van der Waals surface area contributed by atoms with Crippen molar-refractivity contribution in [3.8, 4) is 0 Å². The van der Waals surface area contributed by atoms with Crippen LogP contribution in [0.15, 0.2) is 60.8 Å². The summed E-state index contributed by atoms with van der Waals surface area (Å²) >= 11 is 0. The van der Waals surface area contributed by atoms with E-state index in [9.17, 15) is 30.0 Å². The molecule has 1 aliphatic heterocycles. The molecule has 0 radical (unpaired) electrons. The quantitative estimate of drug-likeness (QED) is 0.0264. The lowest BCUT2D eigenvalue weighted by atomic mass is 9.99. The molecule has 65 heavy (non-hydrogen) atoms.